The van der Waals surface area contributed by atoms with Gasteiger partial charge in [0.1, 0.15) is 11.9 Å². The maximum atomic E-state index is 12.9. The van der Waals surface area contributed by atoms with E-state index >= 15 is 0 Å². The molecule has 2 aromatic rings. The lowest BCUT2D eigenvalue weighted by Crippen LogP contribution is -2.36. The van der Waals surface area contributed by atoms with Gasteiger partial charge >= 0.3 is 12.1 Å². The van der Waals surface area contributed by atoms with Gasteiger partial charge in [-0.2, -0.15) is 32.3 Å². The molecule has 0 N–H and O–H groups in total. The van der Waals surface area contributed by atoms with Crippen LogP contribution in [0.15, 0.2) is 6.20 Å². The monoisotopic (exact) mass is 305 g/mol. The average Bonchev–Trinajstić information content (AvgIpc) is 2.76. The van der Waals surface area contributed by atoms with Gasteiger partial charge in [0.25, 0.3) is 0 Å². The lowest BCUT2D eigenvalue weighted by atomic mass is 10.1. The van der Waals surface area contributed by atoms with E-state index < -0.39 is 24.9 Å². The Hall–Kier alpha value is -2.31. The molecular formula is C11H8F5N5. The Balaban J connectivity index is 2.32. The summed E-state index contributed by atoms with van der Waals surface area (Å²) in [4.78, 5) is 7.56. The predicted octanol–water partition coefficient (Wildman–Crippen LogP) is 2.37. The van der Waals surface area contributed by atoms with E-state index in [0.717, 1.165) is 0 Å². The van der Waals surface area contributed by atoms with Gasteiger partial charge in [-0.05, 0) is 0 Å². The van der Waals surface area contributed by atoms with Gasteiger partial charge in [-0.3, -0.25) is 4.68 Å². The van der Waals surface area contributed by atoms with Crippen LogP contribution in [-0.2, 0) is 13.5 Å². The van der Waals surface area contributed by atoms with Crippen molar-refractivity contribution < 1.29 is 22.0 Å². The van der Waals surface area contributed by atoms with Gasteiger partial charge in [0, 0.05) is 19.9 Å². The third-order valence-electron chi connectivity index (χ3n) is 2.82. The molecule has 5 nitrogen and oxygen atoms in total. The van der Waals surface area contributed by atoms with E-state index in [4.69, 9.17) is 5.26 Å². The molecule has 0 saturated carbocycles. The van der Waals surface area contributed by atoms with Gasteiger partial charge in [0.15, 0.2) is 11.3 Å². The minimum absolute atomic E-state index is 0.113. The molecule has 21 heavy (non-hydrogen) atoms. The molecule has 0 aliphatic carbocycles. The Morgan fingerprint density at radius 1 is 1.24 bits per heavy atom. The van der Waals surface area contributed by atoms with Gasteiger partial charge < -0.3 is 0 Å². The van der Waals surface area contributed by atoms with Gasteiger partial charge in [0.05, 0.1) is 11.6 Å². The van der Waals surface area contributed by atoms with Crippen molar-refractivity contribution in [2.45, 2.75) is 24.9 Å². The summed E-state index contributed by atoms with van der Waals surface area (Å²) in [7, 11) is 1.50. The molecule has 0 fully saturated rings. The van der Waals surface area contributed by atoms with Gasteiger partial charge in [-0.25, -0.2) is 9.97 Å². The zero-order valence-electron chi connectivity index (χ0n) is 10.6. The summed E-state index contributed by atoms with van der Waals surface area (Å²) in [5, 5.41) is 13.1. The second kappa shape index (κ2) is 4.91. The lowest BCUT2D eigenvalue weighted by Gasteiger charge is -2.18. The van der Waals surface area contributed by atoms with E-state index in [2.05, 4.69) is 15.1 Å². The number of halogens is 5. The van der Waals surface area contributed by atoms with Crippen LogP contribution < -0.4 is 0 Å². The minimum atomic E-state index is -5.62. The molecule has 0 aromatic carbocycles. The molecule has 0 amide bonds. The Morgan fingerprint density at radius 2 is 1.90 bits per heavy atom. The van der Waals surface area contributed by atoms with Crippen molar-refractivity contribution in [1.29, 1.82) is 5.26 Å². The minimum Gasteiger partial charge on any atom is -0.250 e. The number of rotatable bonds is 3. The molecule has 0 aliphatic rings. The van der Waals surface area contributed by atoms with E-state index in [1.165, 1.54) is 17.9 Å². The molecular weight excluding hydrogens is 297 g/mol. The first kappa shape index (κ1) is 15.1. The normalized spacial score (nSPS) is 12.6. The van der Waals surface area contributed by atoms with Crippen LogP contribution in [0, 0.1) is 11.3 Å². The Labute approximate surface area is 115 Å². The number of aryl methyl sites for hydroxylation is 2. The summed E-state index contributed by atoms with van der Waals surface area (Å²) in [5.74, 6) is -5.09. The van der Waals surface area contributed by atoms with Crippen molar-refractivity contribution in [3.63, 3.8) is 0 Å². The first-order chi connectivity index (χ1) is 9.65. The highest BCUT2D eigenvalue weighted by molar-refractivity contribution is 5.79. The molecule has 0 saturated heterocycles. The van der Waals surface area contributed by atoms with Crippen molar-refractivity contribution in [3.8, 4) is 6.07 Å². The molecule has 0 spiro atoms. The number of nitrogens with zero attached hydrogens (tertiary/aromatic N) is 5. The second-order valence-electron chi connectivity index (χ2n) is 4.31. The Bertz CT molecular complexity index is 712. The summed E-state index contributed by atoms with van der Waals surface area (Å²) in [6, 6.07) is 1.74. The van der Waals surface area contributed by atoms with Crippen LogP contribution in [0.25, 0.3) is 11.0 Å². The predicted molar refractivity (Wildman–Crippen MR) is 60.3 cm³/mol. The van der Waals surface area contributed by atoms with Crippen LogP contribution >= 0.6 is 0 Å². The Kier molecular flexibility index (Phi) is 3.52. The van der Waals surface area contributed by atoms with Gasteiger partial charge in [0.2, 0.25) is 0 Å². The highest BCUT2D eigenvalue weighted by Crippen LogP contribution is 2.38. The van der Waals surface area contributed by atoms with Crippen LogP contribution in [0.4, 0.5) is 22.0 Å². The van der Waals surface area contributed by atoms with Crippen molar-refractivity contribution in [3.05, 3.63) is 17.7 Å². The molecule has 10 heteroatoms. The zero-order chi connectivity index (χ0) is 15.8. The summed E-state index contributed by atoms with van der Waals surface area (Å²) >= 11 is 0. The molecule has 2 rings (SSSR count). The number of alkyl halides is 5. The van der Waals surface area contributed by atoms with Gasteiger partial charge in [-0.1, -0.05) is 0 Å². The molecule has 0 atom stereocenters. The number of fused-ring (bicyclic) bond motifs is 1. The summed E-state index contributed by atoms with van der Waals surface area (Å²) < 4.78 is 63.3. The maximum absolute atomic E-state index is 12.9. The Morgan fingerprint density at radius 3 is 2.48 bits per heavy atom. The number of nitriles is 1. The highest BCUT2D eigenvalue weighted by atomic mass is 19.4. The lowest BCUT2D eigenvalue weighted by molar-refractivity contribution is -0.284. The number of hydrogen-bond acceptors (Lipinski definition) is 4. The molecule has 0 aliphatic heterocycles. The summed E-state index contributed by atoms with van der Waals surface area (Å²) in [5.41, 5.74) is 0.0882. The highest BCUT2D eigenvalue weighted by Gasteiger charge is 2.56. The van der Waals surface area contributed by atoms with E-state index in [9.17, 15) is 22.0 Å². The van der Waals surface area contributed by atoms with E-state index in [1.807, 2.05) is 0 Å². The SMILES string of the molecule is Cn1ncc2c(C#N)nc(CCC(F)(F)C(F)(F)F)nc21. The fourth-order valence-corrected chi connectivity index (χ4v) is 1.67. The van der Waals surface area contributed by atoms with Crippen molar-refractivity contribution in [2.75, 3.05) is 0 Å². The zero-order valence-corrected chi connectivity index (χ0v) is 10.6. The van der Waals surface area contributed by atoms with Crippen molar-refractivity contribution in [1.82, 2.24) is 19.7 Å². The van der Waals surface area contributed by atoms with Crippen LogP contribution in [0.5, 0.6) is 0 Å². The van der Waals surface area contributed by atoms with Crippen LogP contribution in [0.2, 0.25) is 0 Å². The molecule has 0 radical (unpaired) electrons. The topological polar surface area (TPSA) is 67.4 Å². The van der Waals surface area contributed by atoms with Gasteiger partial charge in [-0.15, -0.1) is 0 Å². The first-order valence-electron chi connectivity index (χ1n) is 5.69. The van der Waals surface area contributed by atoms with Crippen LogP contribution in [0.1, 0.15) is 17.9 Å². The number of hydrogen-bond donors (Lipinski definition) is 0. The maximum Gasteiger partial charge on any atom is 0.453 e. The third kappa shape index (κ3) is 2.76. The standard InChI is InChI=1S/C11H8F5N5/c1-21-9-6(5-18-21)7(4-17)19-8(20-9)2-3-10(12,13)11(14,15)16/h5H,2-3H2,1H3. The van der Waals surface area contributed by atoms with E-state index in [1.54, 1.807) is 6.07 Å². The van der Waals surface area contributed by atoms with Crippen LogP contribution in [-0.4, -0.2) is 31.8 Å². The van der Waals surface area contributed by atoms with Crippen molar-refractivity contribution >= 4 is 11.0 Å². The summed E-state index contributed by atoms with van der Waals surface area (Å²) in [6.07, 6.45) is -6.49. The fourth-order valence-electron chi connectivity index (χ4n) is 1.67. The third-order valence-corrected chi connectivity index (χ3v) is 2.82. The smallest absolute Gasteiger partial charge is 0.250 e. The van der Waals surface area contributed by atoms with Crippen LogP contribution in [0.3, 0.4) is 0 Å². The largest absolute Gasteiger partial charge is 0.453 e. The second-order valence-corrected chi connectivity index (χ2v) is 4.31. The average molecular weight is 305 g/mol. The molecule has 112 valence electrons. The fraction of sp³-hybridized carbons (Fsp3) is 0.455. The quantitative estimate of drug-likeness (QED) is 0.816. The first-order valence-corrected chi connectivity index (χ1v) is 5.69. The van der Waals surface area contributed by atoms with E-state index in [-0.39, 0.29) is 17.2 Å². The van der Waals surface area contributed by atoms with Crippen molar-refractivity contribution in [2.24, 2.45) is 7.05 Å². The molecule has 2 aromatic heterocycles. The molecule has 2 heterocycles. The number of aromatic nitrogens is 4. The molecule has 0 unspecified atom stereocenters. The van der Waals surface area contributed by atoms with E-state index in [0.29, 0.717) is 5.39 Å². The summed E-state index contributed by atoms with van der Waals surface area (Å²) in [6.45, 7) is 0. The molecule has 0 bridgehead atoms.